The molecule has 2 aromatic carbocycles. The predicted molar refractivity (Wildman–Crippen MR) is 114 cm³/mol. The molecular formula is C24H29NO5. The number of carbonyl (C=O) groups is 2. The first kappa shape index (κ1) is 21.8. The summed E-state index contributed by atoms with van der Waals surface area (Å²) in [5.41, 5.74) is 0.0166. The summed E-state index contributed by atoms with van der Waals surface area (Å²) in [5.74, 6) is -0.568. The minimum atomic E-state index is -1.22. The number of aliphatic hydroxyl groups is 1. The van der Waals surface area contributed by atoms with Gasteiger partial charge >= 0.3 is 5.97 Å². The van der Waals surface area contributed by atoms with Crippen LogP contribution in [0.3, 0.4) is 0 Å². The van der Waals surface area contributed by atoms with Crippen molar-refractivity contribution in [3.05, 3.63) is 65.2 Å². The van der Waals surface area contributed by atoms with Crippen LogP contribution in [0, 0.1) is 0 Å². The zero-order chi connectivity index (χ0) is 21.7. The molecule has 0 aromatic heterocycles. The van der Waals surface area contributed by atoms with Crippen LogP contribution in [0.2, 0.25) is 0 Å². The molecule has 1 saturated carbocycles. The Morgan fingerprint density at radius 2 is 1.77 bits per heavy atom. The van der Waals surface area contributed by atoms with E-state index in [1.54, 1.807) is 12.1 Å². The Morgan fingerprint density at radius 1 is 1.10 bits per heavy atom. The van der Waals surface area contributed by atoms with Gasteiger partial charge in [0.1, 0.15) is 18.0 Å². The molecule has 2 unspecified atom stereocenters. The van der Waals surface area contributed by atoms with Crippen molar-refractivity contribution < 1.29 is 24.5 Å². The molecule has 0 spiro atoms. The molecule has 2 atom stereocenters. The number of aromatic carboxylic acids is 1. The Hall–Kier alpha value is -2.86. The number of nitrogens with one attached hydrogen (secondary N) is 1. The van der Waals surface area contributed by atoms with Crippen LogP contribution in [-0.2, 0) is 0 Å². The maximum absolute atomic E-state index is 12.8. The topological polar surface area (TPSA) is 95.9 Å². The van der Waals surface area contributed by atoms with Crippen LogP contribution in [0.25, 0.3) is 0 Å². The summed E-state index contributed by atoms with van der Waals surface area (Å²) in [7, 11) is 0. The van der Waals surface area contributed by atoms with Crippen molar-refractivity contribution in [1.29, 1.82) is 0 Å². The lowest BCUT2D eigenvalue weighted by Crippen LogP contribution is -2.57. The minimum absolute atomic E-state index is 0.0551. The minimum Gasteiger partial charge on any atom is -0.491 e. The second kappa shape index (κ2) is 9.30. The summed E-state index contributed by atoms with van der Waals surface area (Å²) in [6.07, 6.45) is 2.82. The van der Waals surface area contributed by atoms with E-state index in [-0.39, 0.29) is 17.7 Å². The number of carbonyl (C=O) groups excluding carboxylic acids is 1. The second-order valence-corrected chi connectivity index (χ2v) is 8.24. The van der Waals surface area contributed by atoms with Gasteiger partial charge in [-0.1, -0.05) is 51.0 Å². The summed E-state index contributed by atoms with van der Waals surface area (Å²) in [6.45, 7) is 4.30. The van der Waals surface area contributed by atoms with E-state index in [0.29, 0.717) is 24.5 Å². The Kier molecular flexibility index (Phi) is 6.77. The largest absolute Gasteiger partial charge is 0.491 e. The second-order valence-electron chi connectivity index (χ2n) is 8.24. The summed E-state index contributed by atoms with van der Waals surface area (Å²) >= 11 is 0. The third-order valence-corrected chi connectivity index (χ3v) is 5.74. The van der Waals surface area contributed by atoms with E-state index in [0.717, 1.165) is 12.8 Å². The molecule has 6 nitrogen and oxygen atoms in total. The summed E-state index contributed by atoms with van der Waals surface area (Å²) in [6, 6.07) is 13.3. The molecule has 1 amide bonds. The van der Waals surface area contributed by atoms with Gasteiger partial charge in [0.2, 0.25) is 0 Å². The molecule has 0 saturated heterocycles. The first-order valence-corrected chi connectivity index (χ1v) is 10.4. The van der Waals surface area contributed by atoms with E-state index < -0.39 is 23.5 Å². The molecule has 0 radical (unpaired) electrons. The SMILES string of the molecule is CC(C)c1ccc(OCC2(O)CCCCC2NC(=O)c2ccccc2C(=O)O)cc1. The monoisotopic (exact) mass is 411 g/mol. The van der Waals surface area contributed by atoms with Crippen molar-refractivity contribution in [3.63, 3.8) is 0 Å². The molecule has 2 aromatic rings. The molecule has 1 fully saturated rings. The van der Waals surface area contributed by atoms with Gasteiger partial charge in [-0.2, -0.15) is 0 Å². The number of carboxylic acid groups (broad SMARTS) is 1. The molecule has 0 heterocycles. The van der Waals surface area contributed by atoms with Gasteiger partial charge in [-0.05, 0) is 48.6 Å². The Bertz CT molecular complexity index is 893. The van der Waals surface area contributed by atoms with Crippen LogP contribution in [0.15, 0.2) is 48.5 Å². The molecule has 0 bridgehead atoms. The Morgan fingerprint density at radius 3 is 2.40 bits per heavy atom. The highest BCUT2D eigenvalue weighted by atomic mass is 16.5. The first-order valence-electron chi connectivity index (χ1n) is 10.4. The van der Waals surface area contributed by atoms with Gasteiger partial charge < -0.3 is 20.3 Å². The lowest BCUT2D eigenvalue weighted by Gasteiger charge is -2.40. The summed E-state index contributed by atoms with van der Waals surface area (Å²) < 4.78 is 5.87. The van der Waals surface area contributed by atoms with E-state index in [2.05, 4.69) is 19.2 Å². The van der Waals surface area contributed by atoms with Crippen molar-refractivity contribution >= 4 is 11.9 Å². The highest BCUT2D eigenvalue weighted by Crippen LogP contribution is 2.30. The molecule has 1 aliphatic carbocycles. The predicted octanol–water partition coefficient (Wildman–Crippen LogP) is 3.99. The van der Waals surface area contributed by atoms with Crippen LogP contribution in [-0.4, -0.2) is 40.3 Å². The summed E-state index contributed by atoms with van der Waals surface area (Å²) in [5, 5.41) is 23.4. The van der Waals surface area contributed by atoms with Crippen LogP contribution in [0.4, 0.5) is 0 Å². The van der Waals surface area contributed by atoms with Crippen LogP contribution < -0.4 is 10.1 Å². The number of amides is 1. The van der Waals surface area contributed by atoms with Crippen LogP contribution in [0.1, 0.15) is 71.7 Å². The number of hydrogen-bond acceptors (Lipinski definition) is 4. The number of rotatable bonds is 7. The lowest BCUT2D eigenvalue weighted by molar-refractivity contribution is -0.0571. The number of benzene rings is 2. The molecule has 3 N–H and O–H groups in total. The van der Waals surface area contributed by atoms with E-state index in [1.807, 2.05) is 24.3 Å². The van der Waals surface area contributed by atoms with Gasteiger partial charge in [0.05, 0.1) is 17.2 Å². The highest BCUT2D eigenvalue weighted by molar-refractivity contribution is 6.04. The smallest absolute Gasteiger partial charge is 0.336 e. The quantitative estimate of drug-likeness (QED) is 0.640. The van der Waals surface area contributed by atoms with Crippen LogP contribution >= 0.6 is 0 Å². The molecule has 160 valence electrons. The average Bonchev–Trinajstić information content (AvgIpc) is 2.74. The average molecular weight is 411 g/mol. The standard InChI is InChI=1S/C24H29NO5/c1-16(2)17-10-12-18(13-11-17)30-15-24(29)14-6-5-9-21(24)25-22(26)19-7-3-4-8-20(19)23(27)28/h3-4,7-8,10-13,16,21,29H,5-6,9,14-15H2,1-2H3,(H,25,26)(H,27,28). The molecule has 6 heteroatoms. The third-order valence-electron chi connectivity index (χ3n) is 5.74. The van der Waals surface area contributed by atoms with E-state index in [4.69, 9.17) is 4.74 Å². The first-order chi connectivity index (χ1) is 14.3. The van der Waals surface area contributed by atoms with Crippen molar-refractivity contribution in [1.82, 2.24) is 5.32 Å². The highest BCUT2D eigenvalue weighted by Gasteiger charge is 2.41. The zero-order valence-corrected chi connectivity index (χ0v) is 17.4. The van der Waals surface area contributed by atoms with Gasteiger partial charge in [-0.25, -0.2) is 4.79 Å². The van der Waals surface area contributed by atoms with Crippen molar-refractivity contribution in [2.75, 3.05) is 6.61 Å². The van der Waals surface area contributed by atoms with Crippen molar-refractivity contribution in [2.45, 2.75) is 57.1 Å². The van der Waals surface area contributed by atoms with Crippen molar-refractivity contribution in [2.24, 2.45) is 0 Å². The zero-order valence-electron chi connectivity index (χ0n) is 17.4. The van der Waals surface area contributed by atoms with E-state index in [1.165, 1.54) is 17.7 Å². The lowest BCUT2D eigenvalue weighted by atomic mass is 9.80. The molecule has 1 aliphatic rings. The fourth-order valence-electron chi connectivity index (χ4n) is 3.86. The van der Waals surface area contributed by atoms with Gasteiger partial charge in [0.15, 0.2) is 0 Å². The number of hydrogen-bond donors (Lipinski definition) is 3. The molecular weight excluding hydrogens is 382 g/mol. The van der Waals surface area contributed by atoms with Gasteiger partial charge in [-0.3, -0.25) is 4.79 Å². The van der Waals surface area contributed by atoms with E-state index >= 15 is 0 Å². The normalized spacial score (nSPS) is 21.3. The number of ether oxygens (including phenoxy) is 1. The van der Waals surface area contributed by atoms with Crippen LogP contribution in [0.5, 0.6) is 5.75 Å². The molecule has 0 aliphatic heterocycles. The third kappa shape index (κ3) is 5.00. The fourth-order valence-corrected chi connectivity index (χ4v) is 3.86. The fraction of sp³-hybridized carbons (Fsp3) is 0.417. The number of carboxylic acids is 1. The van der Waals surface area contributed by atoms with Gasteiger partial charge in [0.25, 0.3) is 5.91 Å². The summed E-state index contributed by atoms with van der Waals surface area (Å²) in [4.78, 5) is 24.2. The maximum Gasteiger partial charge on any atom is 0.336 e. The van der Waals surface area contributed by atoms with Crippen molar-refractivity contribution in [3.8, 4) is 5.75 Å². The molecule has 30 heavy (non-hydrogen) atoms. The maximum atomic E-state index is 12.8. The van der Waals surface area contributed by atoms with E-state index in [9.17, 15) is 19.8 Å². The Labute approximate surface area is 176 Å². The van der Waals surface area contributed by atoms with Gasteiger partial charge in [-0.15, -0.1) is 0 Å². The Balaban J connectivity index is 1.70. The molecule has 3 rings (SSSR count). The van der Waals surface area contributed by atoms with Gasteiger partial charge in [0, 0.05) is 0 Å².